The number of phenols is 1. The summed E-state index contributed by atoms with van der Waals surface area (Å²) in [5.74, 6) is -1.94. The van der Waals surface area contributed by atoms with Crippen LogP contribution in [0.1, 0.15) is 49.2 Å². The molecule has 10 heteroatoms. The molecule has 2 rings (SSSR count). The highest BCUT2D eigenvalue weighted by Gasteiger charge is 2.32. The Balaban J connectivity index is 0.000000697. The third-order valence-corrected chi connectivity index (χ3v) is 11.9. The van der Waals surface area contributed by atoms with Crippen molar-refractivity contribution in [3.63, 3.8) is 0 Å². The van der Waals surface area contributed by atoms with Gasteiger partial charge in [0, 0.05) is 5.56 Å². The third kappa shape index (κ3) is 9.14. The molecule has 0 aromatic heterocycles. The lowest BCUT2D eigenvalue weighted by molar-refractivity contribution is -0.128. The number of benzene rings is 2. The van der Waals surface area contributed by atoms with Crippen molar-refractivity contribution in [2.45, 2.75) is 65.3 Å². The molecule has 2 aromatic rings. The molecular weight excluding hydrogens is 517 g/mol. The van der Waals surface area contributed by atoms with Gasteiger partial charge in [-0.05, 0) is 60.7 Å². The summed E-state index contributed by atoms with van der Waals surface area (Å²) in [6.07, 6.45) is -0.799. The van der Waals surface area contributed by atoms with E-state index in [2.05, 4.69) is 49.6 Å². The number of phenolic OH excluding ortho intramolecular Hbond substituents is 1. The number of carbonyl (C=O) groups excluding carboxylic acids is 2. The average molecular weight is 553 g/mol. The van der Waals surface area contributed by atoms with Gasteiger partial charge in [-0.3, -0.25) is 20.4 Å². The van der Waals surface area contributed by atoms with Gasteiger partial charge in [-0.2, -0.15) is 11.1 Å². The smallest absolute Gasteiger partial charge is 0.269 e. The van der Waals surface area contributed by atoms with Crippen molar-refractivity contribution in [1.29, 1.82) is 0 Å². The lowest BCUT2D eigenvalue weighted by Crippen LogP contribution is -2.47. The van der Waals surface area contributed by atoms with Crippen LogP contribution in [-0.2, 0) is 11.2 Å². The number of rotatable bonds is 5. The normalized spacial score (nSPS) is 12.9. The fraction of sp³-hybridized carbons (Fsp3) is 0.423. The molecule has 0 radical (unpaired) electrons. The third-order valence-electron chi connectivity index (χ3n) is 6.17. The van der Waals surface area contributed by atoms with Crippen LogP contribution in [0.4, 0.5) is 5.69 Å². The van der Waals surface area contributed by atoms with Crippen LogP contribution >= 0.6 is 22.7 Å². The quantitative estimate of drug-likeness (QED) is 0.155. The molecule has 7 nitrogen and oxygen atoms in total. The summed E-state index contributed by atoms with van der Waals surface area (Å²) < 4.78 is 0. The molecule has 0 aliphatic carbocycles. The van der Waals surface area contributed by atoms with Gasteiger partial charge in [0.2, 0.25) is 11.6 Å². The van der Waals surface area contributed by atoms with E-state index in [9.17, 15) is 19.8 Å². The number of hydrogen-bond donors (Lipinski definition) is 4. The van der Waals surface area contributed by atoms with E-state index >= 15 is 0 Å². The fourth-order valence-electron chi connectivity index (χ4n) is 2.63. The highest BCUT2D eigenvalue weighted by atomic mass is 35.6. The van der Waals surface area contributed by atoms with Crippen LogP contribution in [0.2, 0.25) is 23.2 Å². The van der Waals surface area contributed by atoms with Crippen molar-refractivity contribution in [1.82, 2.24) is 10.9 Å². The van der Waals surface area contributed by atoms with E-state index in [0.29, 0.717) is 21.3 Å². The molecule has 0 saturated heterocycles. The number of aliphatic hydroxyl groups is 1. The largest absolute Gasteiger partial charge is 0.508 e. The van der Waals surface area contributed by atoms with E-state index < -0.39 is 31.2 Å². The number of nitrogens with zero attached hydrogens (tertiary/aromatic N) is 1. The van der Waals surface area contributed by atoms with Crippen LogP contribution in [0, 0.1) is 19.4 Å². The first kappa shape index (κ1) is 31.5. The van der Waals surface area contributed by atoms with Gasteiger partial charge in [-0.25, -0.2) is 4.85 Å². The number of halogens is 2. The summed E-state index contributed by atoms with van der Waals surface area (Å²) in [4.78, 5) is 27.9. The minimum Gasteiger partial charge on any atom is -0.508 e. The minimum atomic E-state index is -1.39. The van der Waals surface area contributed by atoms with E-state index in [-0.39, 0.29) is 17.7 Å². The van der Waals surface area contributed by atoms with E-state index in [1.165, 1.54) is 31.2 Å². The Morgan fingerprint density at radius 2 is 1.64 bits per heavy atom. The van der Waals surface area contributed by atoms with Crippen molar-refractivity contribution in [3.05, 3.63) is 69.5 Å². The van der Waals surface area contributed by atoms with Gasteiger partial charge in [0.15, 0.2) is 7.38 Å². The summed E-state index contributed by atoms with van der Waals surface area (Å²) in [5, 5.41) is 19.9. The first-order valence-electron chi connectivity index (χ1n) is 11.4. The zero-order valence-electron chi connectivity index (χ0n) is 21.7. The number of aliphatic hydroxyl groups excluding tert-OH is 1. The van der Waals surface area contributed by atoms with E-state index in [1.807, 2.05) is 0 Å². The highest BCUT2D eigenvalue weighted by Crippen LogP contribution is 2.38. The fourth-order valence-corrected chi connectivity index (χ4v) is 2.86. The maximum absolute atomic E-state index is 12.5. The number of hydrogen-bond acceptors (Lipinski definition) is 4. The maximum atomic E-state index is 12.5. The van der Waals surface area contributed by atoms with Crippen LogP contribution in [0.25, 0.3) is 4.85 Å². The number of carbonyl (C=O) groups is 2. The van der Waals surface area contributed by atoms with Crippen LogP contribution in [0.5, 0.6) is 5.75 Å². The van der Waals surface area contributed by atoms with Gasteiger partial charge in [0.1, 0.15) is 5.75 Å². The monoisotopic (exact) mass is 551 g/mol. The van der Waals surface area contributed by atoms with E-state index in [4.69, 9.17) is 29.3 Å². The molecule has 0 aliphatic rings. The molecule has 0 heterocycles. The Kier molecular flexibility index (Phi) is 11.5. The number of aromatic hydroxyl groups is 1. The lowest BCUT2D eigenvalue weighted by atomic mass is 9.91. The number of hydrazine groups is 1. The second-order valence-electron chi connectivity index (χ2n) is 10.1. The van der Waals surface area contributed by atoms with Crippen molar-refractivity contribution in [2.75, 3.05) is 0 Å². The summed E-state index contributed by atoms with van der Waals surface area (Å²) >= 11 is 12.3. The molecule has 4 N–H and O–H groups in total. The van der Waals surface area contributed by atoms with Gasteiger partial charge < -0.3 is 10.2 Å². The first-order valence-corrected chi connectivity index (χ1v) is 15.8. The summed E-state index contributed by atoms with van der Waals surface area (Å²) in [6.45, 7) is 21.3. The predicted octanol–water partition coefficient (Wildman–Crippen LogP) is 6.14. The van der Waals surface area contributed by atoms with Crippen LogP contribution in [0.3, 0.4) is 0 Å². The van der Waals surface area contributed by atoms with E-state index in [1.54, 1.807) is 19.1 Å². The number of nitrogens with one attached hydrogen (secondary N) is 2. The summed E-state index contributed by atoms with van der Waals surface area (Å²) in [5.41, 5.74) is 6.57. The van der Waals surface area contributed by atoms with Crippen LogP contribution in [0.15, 0.2) is 36.4 Å². The van der Waals surface area contributed by atoms with Gasteiger partial charge in [-0.15, -0.1) is 0 Å². The van der Waals surface area contributed by atoms with Crippen LogP contribution in [-0.4, -0.2) is 35.5 Å². The van der Waals surface area contributed by atoms with Crippen molar-refractivity contribution in [3.8, 4) is 5.75 Å². The number of amides is 2. The molecule has 0 unspecified atom stereocenters. The summed E-state index contributed by atoms with van der Waals surface area (Å²) in [6, 6.07) is 8.80. The molecule has 2 amide bonds. The Morgan fingerprint density at radius 3 is 2.08 bits per heavy atom. The lowest BCUT2D eigenvalue weighted by Gasteiger charge is -2.29. The van der Waals surface area contributed by atoms with Gasteiger partial charge in [0.25, 0.3) is 5.91 Å². The van der Waals surface area contributed by atoms with Gasteiger partial charge in [-0.1, -0.05) is 57.6 Å². The molecule has 36 heavy (non-hydrogen) atoms. The zero-order chi connectivity index (χ0) is 27.8. The topological polar surface area (TPSA) is 103 Å². The van der Waals surface area contributed by atoms with Crippen molar-refractivity contribution >= 4 is 47.6 Å². The van der Waals surface area contributed by atoms with Crippen molar-refractivity contribution in [2.24, 2.45) is 5.92 Å². The molecule has 0 aliphatic heterocycles. The Morgan fingerprint density at radius 1 is 1.11 bits per heavy atom. The second kappa shape index (κ2) is 13.1. The molecule has 0 fully saturated rings. The Hall–Kier alpha value is -2.57. The van der Waals surface area contributed by atoms with Crippen LogP contribution < -0.4 is 10.9 Å². The second-order valence-corrected chi connectivity index (χ2v) is 17.7. The molecule has 2 atom stereocenters. The van der Waals surface area contributed by atoms with Gasteiger partial charge in [0.05, 0.1) is 23.6 Å². The molecule has 196 valence electrons. The molecule has 2 aromatic carbocycles. The minimum absolute atomic E-state index is 0.0213. The predicted molar refractivity (Wildman–Crippen MR) is 148 cm³/mol. The first-order chi connectivity index (χ1) is 16.5. The standard InChI is InChI=1S/C20H20ClN3O4.C6H15ClSi/c1-11-14(6-9-17(22-3)18(11)21)10-16(12(2)25)20(28)24-23-19(27)13-4-7-15(26)8-5-13;1-6(2,3)8(4,5)7/h4-9,12,16,25-26H,10H2,1-2H3,(H,23,27)(H,24,28);1-5H3/t12-,16+;/m0./s1. The Bertz CT molecular complexity index is 1090. The maximum Gasteiger partial charge on any atom is 0.269 e. The molecule has 0 bridgehead atoms. The zero-order valence-corrected chi connectivity index (χ0v) is 24.3. The SMILES string of the molecule is CC(C)(C)[Si](C)(C)Cl.[C-]#[N+]c1ccc(C[C@@H](C(=O)NNC(=O)c2ccc(O)cc2)[C@H](C)O)c(C)c1Cl. The highest BCUT2D eigenvalue weighted by molar-refractivity contribution is 7.20. The molecular formula is C26H35Cl2N3O4Si. The van der Waals surface area contributed by atoms with Crippen molar-refractivity contribution < 1.29 is 19.8 Å². The molecule has 0 spiro atoms. The van der Waals surface area contributed by atoms with Gasteiger partial charge >= 0.3 is 0 Å². The van der Waals surface area contributed by atoms with E-state index in [0.717, 1.165) is 5.56 Å². The Labute approximate surface area is 224 Å². The average Bonchev–Trinajstić information content (AvgIpc) is 2.77. The molecule has 0 saturated carbocycles. The summed E-state index contributed by atoms with van der Waals surface area (Å²) in [7, 11) is -1.39.